The molecule has 2 rings (SSSR count). The van der Waals surface area contributed by atoms with Gasteiger partial charge in [0.15, 0.2) is 0 Å². The van der Waals surface area contributed by atoms with Crippen LogP contribution in [-0.2, 0) is 14.8 Å². The Balaban J connectivity index is 1.84. The second kappa shape index (κ2) is 9.02. The van der Waals surface area contributed by atoms with E-state index >= 15 is 0 Å². The fraction of sp³-hybridized carbons (Fsp3) is 0.941. The molecule has 0 bridgehead atoms. The molecule has 0 radical (unpaired) electrons. The molecular weight excluding hydrogens is 312 g/mol. The number of hydrogen-bond donors (Lipinski definition) is 1. The van der Waals surface area contributed by atoms with E-state index in [1.807, 2.05) is 0 Å². The van der Waals surface area contributed by atoms with Gasteiger partial charge in [-0.3, -0.25) is 4.79 Å². The van der Waals surface area contributed by atoms with Gasteiger partial charge in [0.2, 0.25) is 15.9 Å². The first kappa shape index (κ1) is 18.7. The second-order valence-electron chi connectivity index (χ2n) is 7.15. The molecule has 0 spiro atoms. The van der Waals surface area contributed by atoms with E-state index in [-0.39, 0.29) is 17.9 Å². The van der Waals surface area contributed by atoms with Crippen molar-refractivity contribution in [2.24, 2.45) is 5.92 Å². The van der Waals surface area contributed by atoms with Gasteiger partial charge in [0.1, 0.15) is 0 Å². The zero-order valence-electron chi connectivity index (χ0n) is 14.4. The average Bonchev–Trinajstić information content (AvgIpc) is 2.80. The zero-order valence-corrected chi connectivity index (χ0v) is 15.2. The molecular formula is C17H32N2O3S. The van der Waals surface area contributed by atoms with Gasteiger partial charge in [-0.25, -0.2) is 8.42 Å². The maximum atomic E-state index is 12.2. The molecule has 0 atom stereocenters. The van der Waals surface area contributed by atoms with Crippen molar-refractivity contribution >= 4 is 15.9 Å². The van der Waals surface area contributed by atoms with Crippen LogP contribution in [0.5, 0.6) is 0 Å². The van der Waals surface area contributed by atoms with Crippen molar-refractivity contribution in [1.29, 1.82) is 0 Å². The van der Waals surface area contributed by atoms with Crippen molar-refractivity contribution in [2.75, 3.05) is 19.3 Å². The molecule has 0 unspecified atom stereocenters. The van der Waals surface area contributed by atoms with E-state index in [0.29, 0.717) is 13.1 Å². The summed E-state index contributed by atoms with van der Waals surface area (Å²) in [5.74, 6) is 0.243. The third kappa shape index (κ3) is 6.07. The van der Waals surface area contributed by atoms with Crippen molar-refractivity contribution in [1.82, 2.24) is 9.62 Å². The summed E-state index contributed by atoms with van der Waals surface area (Å²) in [4.78, 5) is 12.2. The van der Waals surface area contributed by atoms with E-state index in [2.05, 4.69) is 5.32 Å². The van der Waals surface area contributed by atoms with Crippen molar-refractivity contribution in [2.45, 2.75) is 76.7 Å². The van der Waals surface area contributed by atoms with Crippen LogP contribution in [0.15, 0.2) is 0 Å². The number of carbonyl (C=O) groups excluding carboxylic acids is 1. The zero-order chi connectivity index (χ0) is 16.7. The molecule has 6 heteroatoms. The Morgan fingerprint density at radius 2 is 1.48 bits per heavy atom. The lowest BCUT2D eigenvalue weighted by Crippen LogP contribution is -2.45. The largest absolute Gasteiger partial charge is 0.355 e. The summed E-state index contributed by atoms with van der Waals surface area (Å²) in [6, 6.07) is 0.110. The highest BCUT2D eigenvalue weighted by Crippen LogP contribution is 2.24. The molecule has 0 heterocycles. The fourth-order valence-electron chi connectivity index (χ4n) is 3.96. The summed E-state index contributed by atoms with van der Waals surface area (Å²) >= 11 is 0. The maximum Gasteiger partial charge on any atom is 0.223 e. The molecule has 2 saturated carbocycles. The Kier molecular flexibility index (Phi) is 7.34. The van der Waals surface area contributed by atoms with Crippen LogP contribution < -0.4 is 5.32 Å². The van der Waals surface area contributed by atoms with Gasteiger partial charge in [-0.1, -0.05) is 44.9 Å². The predicted molar refractivity (Wildman–Crippen MR) is 92.6 cm³/mol. The van der Waals surface area contributed by atoms with Crippen molar-refractivity contribution in [3.63, 3.8) is 0 Å². The highest BCUT2D eigenvalue weighted by atomic mass is 32.2. The smallest absolute Gasteiger partial charge is 0.223 e. The van der Waals surface area contributed by atoms with Gasteiger partial charge >= 0.3 is 0 Å². The molecule has 2 fully saturated rings. The normalized spacial score (nSPS) is 22.0. The molecule has 0 saturated heterocycles. The van der Waals surface area contributed by atoms with Gasteiger partial charge in [0.25, 0.3) is 0 Å². The number of rotatable bonds is 6. The van der Waals surface area contributed by atoms with Crippen molar-refractivity contribution < 1.29 is 13.2 Å². The first-order valence-corrected chi connectivity index (χ1v) is 11.1. The van der Waals surface area contributed by atoms with Gasteiger partial charge in [-0.05, 0) is 25.7 Å². The van der Waals surface area contributed by atoms with E-state index in [0.717, 1.165) is 51.4 Å². The molecule has 0 aromatic rings. The Morgan fingerprint density at radius 1 is 0.957 bits per heavy atom. The van der Waals surface area contributed by atoms with E-state index in [1.54, 1.807) is 4.31 Å². The van der Waals surface area contributed by atoms with E-state index in [9.17, 15) is 13.2 Å². The number of nitrogens with one attached hydrogen (secondary N) is 1. The Bertz CT molecular complexity index is 464. The van der Waals surface area contributed by atoms with E-state index in [4.69, 9.17) is 0 Å². The lowest BCUT2D eigenvalue weighted by atomic mass is 9.89. The molecule has 134 valence electrons. The lowest BCUT2D eigenvalue weighted by Gasteiger charge is -2.29. The average molecular weight is 345 g/mol. The van der Waals surface area contributed by atoms with Gasteiger partial charge in [-0.15, -0.1) is 0 Å². The number of sulfonamides is 1. The van der Waals surface area contributed by atoms with Crippen LogP contribution in [0, 0.1) is 5.92 Å². The Hall–Kier alpha value is -0.620. The van der Waals surface area contributed by atoms with Crippen LogP contribution >= 0.6 is 0 Å². The second-order valence-corrected chi connectivity index (χ2v) is 9.08. The quantitative estimate of drug-likeness (QED) is 0.753. The number of hydrogen-bond acceptors (Lipinski definition) is 3. The van der Waals surface area contributed by atoms with Crippen LogP contribution in [0.1, 0.15) is 70.6 Å². The highest BCUT2D eigenvalue weighted by molar-refractivity contribution is 7.88. The number of carbonyl (C=O) groups is 1. The predicted octanol–water partition coefficient (Wildman–Crippen LogP) is 2.67. The monoisotopic (exact) mass is 344 g/mol. The topological polar surface area (TPSA) is 66.5 Å². The summed E-state index contributed by atoms with van der Waals surface area (Å²) in [5.41, 5.74) is 0. The first-order chi connectivity index (χ1) is 11.0. The maximum absolute atomic E-state index is 12.2. The van der Waals surface area contributed by atoms with Crippen LogP contribution in [0.4, 0.5) is 0 Å². The minimum absolute atomic E-state index is 0.110. The molecule has 1 amide bonds. The summed E-state index contributed by atoms with van der Waals surface area (Å²) < 4.78 is 25.9. The van der Waals surface area contributed by atoms with E-state index in [1.165, 1.54) is 25.5 Å². The summed E-state index contributed by atoms with van der Waals surface area (Å²) in [6.07, 6.45) is 13.2. The van der Waals surface area contributed by atoms with Gasteiger partial charge in [0, 0.05) is 25.0 Å². The van der Waals surface area contributed by atoms with Crippen LogP contribution in [0.25, 0.3) is 0 Å². The lowest BCUT2D eigenvalue weighted by molar-refractivity contribution is -0.125. The molecule has 0 aromatic heterocycles. The molecule has 5 nitrogen and oxygen atoms in total. The summed E-state index contributed by atoms with van der Waals surface area (Å²) in [6.45, 7) is 0.834. The number of nitrogens with zero attached hydrogens (tertiary/aromatic N) is 1. The van der Waals surface area contributed by atoms with Crippen LogP contribution in [0.3, 0.4) is 0 Å². The van der Waals surface area contributed by atoms with Crippen LogP contribution in [0.2, 0.25) is 0 Å². The molecule has 23 heavy (non-hydrogen) atoms. The summed E-state index contributed by atoms with van der Waals surface area (Å²) in [5, 5.41) is 2.96. The standard InChI is InChI=1S/C17H32N2O3S/c1-23(21,22)19(16-11-7-2-3-8-12-16)14-13-18-17(20)15-9-5-4-6-10-15/h15-16H,2-14H2,1H3,(H,18,20). The van der Waals surface area contributed by atoms with Gasteiger partial charge < -0.3 is 5.32 Å². The molecule has 1 N–H and O–H groups in total. The summed E-state index contributed by atoms with van der Waals surface area (Å²) in [7, 11) is -3.22. The van der Waals surface area contributed by atoms with Gasteiger partial charge in [0.05, 0.1) is 6.26 Å². The van der Waals surface area contributed by atoms with Crippen molar-refractivity contribution in [3.8, 4) is 0 Å². The highest BCUT2D eigenvalue weighted by Gasteiger charge is 2.27. The third-order valence-corrected chi connectivity index (χ3v) is 6.60. The third-order valence-electron chi connectivity index (χ3n) is 5.27. The SMILES string of the molecule is CS(=O)(=O)N(CCNC(=O)C1CCCCC1)C1CCCCCC1. The Morgan fingerprint density at radius 3 is 2.04 bits per heavy atom. The fourth-order valence-corrected chi connectivity index (χ4v) is 5.14. The van der Waals surface area contributed by atoms with Crippen molar-refractivity contribution in [3.05, 3.63) is 0 Å². The molecule has 2 aliphatic rings. The minimum atomic E-state index is -3.22. The first-order valence-electron chi connectivity index (χ1n) is 9.23. The van der Waals surface area contributed by atoms with Gasteiger partial charge in [-0.2, -0.15) is 4.31 Å². The number of amides is 1. The minimum Gasteiger partial charge on any atom is -0.355 e. The Labute approximate surface area is 141 Å². The molecule has 0 aliphatic heterocycles. The molecule has 0 aromatic carbocycles. The van der Waals surface area contributed by atoms with Crippen LogP contribution in [-0.4, -0.2) is 44.0 Å². The molecule has 2 aliphatic carbocycles. The van der Waals surface area contributed by atoms with E-state index < -0.39 is 10.0 Å².